The lowest BCUT2D eigenvalue weighted by atomic mass is 9.43. The zero-order valence-electron chi connectivity index (χ0n) is 26.0. The first-order valence-corrected chi connectivity index (χ1v) is 15.5. The minimum Gasteiger partial charge on any atom is -0.458 e. The summed E-state index contributed by atoms with van der Waals surface area (Å²) in [7, 11) is 9.01. The van der Waals surface area contributed by atoms with Crippen molar-refractivity contribution in [2.45, 2.75) is 74.3 Å². The number of carbonyl (C=O) groups is 2. The molecule has 1 aromatic carbocycles. The second-order valence-electron chi connectivity index (χ2n) is 14.1. The molecule has 236 valence electrons. The Labute approximate surface area is 253 Å². The van der Waals surface area contributed by atoms with E-state index in [0.29, 0.717) is 18.6 Å². The molecule has 7 bridgehead atoms. The van der Waals surface area contributed by atoms with Crippen LogP contribution >= 0.6 is 0 Å². The van der Waals surface area contributed by atoms with Crippen LogP contribution in [0.2, 0.25) is 0 Å². The molecule has 1 heterocycles. The Hall–Kier alpha value is -2.08. The van der Waals surface area contributed by atoms with Gasteiger partial charge >= 0.3 is 11.9 Å². The standard InChI is InChI=1S/C33H45NO9/c1-18(35)43-32-15-22(40-5)31(37)14-20(23(32)28(31)42-29(36)19-10-8-7-9-11-19)33-21(39-4)12-13-30(17-38-3)16-34(2)27(33)24(32)25(41-6)26(30)33/h7-11,20-28,37H,12-17H2,1-6H3/t20-,21+,22+,23-,24+,25+,26-,27?,28-,30+,31+,32-,33+/m1/s1. The Morgan fingerprint density at radius 2 is 1.72 bits per heavy atom. The maximum absolute atomic E-state index is 13.7. The number of nitrogens with zero attached hydrogens (tertiary/aromatic N) is 1. The largest absolute Gasteiger partial charge is 0.458 e. The van der Waals surface area contributed by atoms with E-state index in [2.05, 4.69) is 11.9 Å². The van der Waals surface area contributed by atoms with Gasteiger partial charge in [-0.3, -0.25) is 4.79 Å². The quantitative estimate of drug-likeness (QED) is 0.447. The van der Waals surface area contributed by atoms with E-state index in [0.717, 1.165) is 19.4 Å². The first kappa shape index (κ1) is 29.6. The van der Waals surface area contributed by atoms with Crippen LogP contribution in [-0.2, 0) is 33.2 Å². The lowest BCUT2D eigenvalue weighted by Crippen LogP contribution is -2.77. The summed E-state index contributed by atoms with van der Waals surface area (Å²) in [5, 5.41) is 12.7. The minimum absolute atomic E-state index is 0.0201. The Balaban J connectivity index is 1.48. The lowest BCUT2D eigenvalue weighted by molar-refractivity contribution is -0.285. The van der Waals surface area contributed by atoms with Gasteiger partial charge in [0.1, 0.15) is 17.3 Å². The number of likely N-dealkylation sites (tertiary alicyclic amines) is 1. The minimum atomic E-state index is -1.48. The molecule has 1 saturated heterocycles. The zero-order chi connectivity index (χ0) is 30.5. The van der Waals surface area contributed by atoms with Crippen LogP contribution in [0.5, 0.6) is 0 Å². The molecule has 0 amide bonds. The fourth-order valence-corrected chi connectivity index (χ4v) is 12.2. The summed E-state index contributed by atoms with van der Waals surface area (Å²) in [6.07, 6.45) is 0.272. The van der Waals surface area contributed by atoms with Crippen molar-refractivity contribution >= 4 is 11.9 Å². The predicted octanol–water partition coefficient (Wildman–Crippen LogP) is 2.32. The van der Waals surface area contributed by atoms with Crippen molar-refractivity contribution in [2.75, 3.05) is 48.6 Å². The van der Waals surface area contributed by atoms with Crippen LogP contribution in [0, 0.1) is 34.5 Å². The lowest BCUT2D eigenvalue weighted by Gasteiger charge is -2.69. The second-order valence-corrected chi connectivity index (χ2v) is 14.1. The summed E-state index contributed by atoms with van der Waals surface area (Å²) in [5.74, 6) is -1.87. The van der Waals surface area contributed by atoms with Gasteiger partial charge in [-0.1, -0.05) is 18.2 Å². The van der Waals surface area contributed by atoms with Gasteiger partial charge in [0.05, 0.1) is 30.5 Å². The van der Waals surface area contributed by atoms with E-state index in [1.807, 2.05) is 6.07 Å². The highest BCUT2D eigenvalue weighted by Gasteiger charge is 2.89. The first-order chi connectivity index (χ1) is 20.6. The van der Waals surface area contributed by atoms with Crippen molar-refractivity contribution in [1.82, 2.24) is 4.90 Å². The number of methoxy groups -OCH3 is 4. The predicted molar refractivity (Wildman–Crippen MR) is 153 cm³/mol. The van der Waals surface area contributed by atoms with Crippen LogP contribution in [0.25, 0.3) is 0 Å². The second kappa shape index (κ2) is 9.96. The molecule has 1 spiro atoms. The average molecular weight is 600 g/mol. The van der Waals surface area contributed by atoms with Crippen LogP contribution in [-0.4, -0.2) is 112 Å². The molecule has 10 heteroatoms. The molecule has 1 aliphatic heterocycles. The van der Waals surface area contributed by atoms with E-state index in [9.17, 15) is 14.7 Å². The fourth-order valence-electron chi connectivity index (χ4n) is 12.2. The smallest absolute Gasteiger partial charge is 0.338 e. The van der Waals surface area contributed by atoms with Crippen LogP contribution < -0.4 is 0 Å². The van der Waals surface area contributed by atoms with Crippen molar-refractivity contribution in [1.29, 1.82) is 0 Å². The summed E-state index contributed by atoms with van der Waals surface area (Å²) in [5.41, 5.74) is -2.88. The molecule has 6 fully saturated rings. The summed E-state index contributed by atoms with van der Waals surface area (Å²) in [6.45, 7) is 2.82. The normalized spacial score (nSPS) is 49.0. The highest BCUT2D eigenvalue weighted by atomic mass is 16.6. The van der Waals surface area contributed by atoms with Gasteiger partial charge in [-0.2, -0.15) is 0 Å². The summed E-state index contributed by atoms with van der Waals surface area (Å²) in [4.78, 5) is 29.2. The number of ether oxygens (including phenoxy) is 6. The number of fused-ring (bicyclic) bond motifs is 2. The molecule has 6 aliphatic rings. The average Bonchev–Trinajstić information content (AvgIpc) is 3.37. The third kappa shape index (κ3) is 3.51. The van der Waals surface area contributed by atoms with Crippen LogP contribution in [0.4, 0.5) is 0 Å². The van der Waals surface area contributed by atoms with E-state index in [-0.39, 0.29) is 47.8 Å². The van der Waals surface area contributed by atoms with Gasteiger partial charge in [-0.25, -0.2) is 4.79 Å². The van der Waals surface area contributed by atoms with Crippen LogP contribution in [0.1, 0.15) is 43.0 Å². The molecule has 5 saturated carbocycles. The number of rotatable bonds is 8. The van der Waals surface area contributed by atoms with Gasteiger partial charge in [-0.15, -0.1) is 0 Å². The maximum atomic E-state index is 13.7. The molecule has 0 radical (unpaired) electrons. The molecular weight excluding hydrogens is 554 g/mol. The Kier molecular flexibility index (Phi) is 6.86. The van der Waals surface area contributed by atoms with Gasteiger partial charge in [0.25, 0.3) is 0 Å². The number of piperidine rings is 1. The van der Waals surface area contributed by atoms with Crippen molar-refractivity contribution in [2.24, 2.45) is 34.5 Å². The molecule has 1 N–H and O–H groups in total. The maximum Gasteiger partial charge on any atom is 0.338 e. The van der Waals surface area contributed by atoms with Crippen molar-refractivity contribution in [3.63, 3.8) is 0 Å². The molecule has 1 unspecified atom stereocenters. The topological polar surface area (TPSA) is 113 Å². The van der Waals surface area contributed by atoms with Gasteiger partial charge in [-0.05, 0) is 44.4 Å². The van der Waals surface area contributed by atoms with Gasteiger partial charge in [0, 0.05) is 83.0 Å². The number of esters is 2. The number of carbonyl (C=O) groups excluding carboxylic acids is 2. The summed E-state index contributed by atoms with van der Waals surface area (Å²) >= 11 is 0. The van der Waals surface area contributed by atoms with E-state index in [4.69, 9.17) is 28.4 Å². The highest BCUT2D eigenvalue weighted by Crippen LogP contribution is 2.80. The number of aliphatic hydroxyl groups is 1. The SMILES string of the molecule is COC[C@@]12CC[C@H](OC)[C@]34C([C@H]([C@H](OC)[C@H]13)[C@@]1(OC(C)=O)C[C@H](OC)[C@@]3(O)C[C@@H]4[C@@H]1[C@H]3OC(=O)c1ccccc1)N(C)C2. The van der Waals surface area contributed by atoms with E-state index in [1.165, 1.54) is 6.92 Å². The molecular formula is C33H45NO9. The van der Waals surface area contributed by atoms with Crippen LogP contribution in [0.3, 0.4) is 0 Å². The summed E-state index contributed by atoms with van der Waals surface area (Å²) < 4.78 is 38.0. The first-order valence-electron chi connectivity index (χ1n) is 15.5. The van der Waals surface area contributed by atoms with Crippen molar-refractivity contribution < 1.29 is 43.1 Å². The molecule has 5 aliphatic carbocycles. The van der Waals surface area contributed by atoms with Gasteiger partial charge in [0.2, 0.25) is 0 Å². The molecule has 1 aromatic rings. The number of hydrogen-bond donors (Lipinski definition) is 1. The van der Waals surface area contributed by atoms with Crippen molar-refractivity contribution in [3.8, 4) is 0 Å². The molecule has 10 nitrogen and oxygen atoms in total. The molecule has 7 rings (SSSR count). The number of hydrogen-bond acceptors (Lipinski definition) is 10. The third-order valence-corrected chi connectivity index (χ3v) is 12.7. The van der Waals surface area contributed by atoms with Crippen molar-refractivity contribution in [3.05, 3.63) is 35.9 Å². The molecule has 43 heavy (non-hydrogen) atoms. The fraction of sp³-hybridized carbons (Fsp3) is 0.758. The van der Waals surface area contributed by atoms with Gasteiger partial charge < -0.3 is 38.4 Å². The Morgan fingerprint density at radius 1 is 1.00 bits per heavy atom. The zero-order valence-corrected chi connectivity index (χ0v) is 26.0. The molecule has 13 atom stereocenters. The van der Waals surface area contributed by atoms with E-state index in [1.54, 1.807) is 52.7 Å². The Morgan fingerprint density at radius 3 is 2.35 bits per heavy atom. The van der Waals surface area contributed by atoms with Crippen LogP contribution in [0.15, 0.2) is 30.3 Å². The monoisotopic (exact) mass is 599 g/mol. The van der Waals surface area contributed by atoms with E-state index < -0.39 is 46.7 Å². The molecule has 0 aromatic heterocycles. The highest BCUT2D eigenvalue weighted by molar-refractivity contribution is 5.89. The summed E-state index contributed by atoms with van der Waals surface area (Å²) in [6, 6.07) is 8.77. The third-order valence-electron chi connectivity index (χ3n) is 12.7. The Bertz CT molecular complexity index is 1280. The number of benzene rings is 1. The van der Waals surface area contributed by atoms with Gasteiger partial charge in [0.15, 0.2) is 0 Å². The van der Waals surface area contributed by atoms with E-state index >= 15 is 0 Å².